The smallest absolute Gasteiger partial charge is 0.376 e. The molecule has 0 aliphatic rings. The Balaban J connectivity index is 2.52. The van der Waals surface area contributed by atoms with Gasteiger partial charge in [-0.25, -0.2) is 14.2 Å². The molecule has 0 unspecified atom stereocenters. The lowest BCUT2D eigenvalue weighted by molar-refractivity contribution is 0.0559. The third kappa shape index (κ3) is 2.55. The summed E-state index contributed by atoms with van der Waals surface area (Å²) in [7, 11) is 2.69. The van der Waals surface area contributed by atoms with Gasteiger partial charge in [-0.2, -0.15) is 0 Å². The van der Waals surface area contributed by atoms with Crippen molar-refractivity contribution in [3.05, 3.63) is 41.0 Å². The number of hydrogen-bond acceptors (Lipinski definition) is 5. The maximum atomic E-state index is 14.0. The quantitative estimate of drug-likeness (QED) is 0.805. The SMILES string of the molecule is COCc1nc(-c2cccc(C)c2F)oc1C(=O)OC. The van der Waals surface area contributed by atoms with Crippen LogP contribution >= 0.6 is 0 Å². The van der Waals surface area contributed by atoms with Crippen LogP contribution in [0.15, 0.2) is 22.6 Å². The van der Waals surface area contributed by atoms with E-state index >= 15 is 0 Å². The van der Waals surface area contributed by atoms with Crippen molar-refractivity contribution in [2.75, 3.05) is 14.2 Å². The zero-order chi connectivity index (χ0) is 14.7. The van der Waals surface area contributed by atoms with Crippen molar-refractivity contribution in [3.8, 4) is 11.5 Å². The Morgan fingerprint density at radius 3 is 2.80 bits per heavy atom. The minimum absolute atomic E-state index is 0.0265. The molecule has 0 saturated heterocycles. The second kappa shape index (κ2) is 5.83. The van der Waals surface area contributed by atoms with E-state index in [1.54, 1.807) is 19.1 Å². The molecule has 2 aromatic rings. The molecule has 0 amide bonds. The molecule has 0 saturated carbocycles. The van der Waals surface area contributed by atoms with E-state index in [1.165, 1.54) is 20.3 Å². The van der Waals surface area contributed by atoms with Gasteiger partial charge < -0.3 is 13.9 Å². The van der Waals surface area contributed by atoms with Crippen molar-refractivity contribution in [1.29, 1.82) is 0 Å². The molecule has 0 aliphatic heterocycles. The van der Waals surface area contributed by atoms with E-state index in [9.17, 15) is 9.18 Å². The monoisotopic (exact) mass is 279 g/mol. The van der Waals surface area contributed by atoms with Gasteiger partial charge in [0.15, 0.2) is 0 Å². The normalized spacial score (nSPS) is 10.6. The second-order valence-electron chi connectivity index (χ2n) is 4.16. The fourth-order valence-corrected chi connectivity index (χ4v) is 1.77. The summed E-state index contributed by atoms with van der Waals surface area (Å²) in [5.74, 6) is -1.16. The number of carbonyl (C=O) groups excluding carboxylic acids is 1. The van der Waals surface area contributed by atoms with Crippen molar-refractivity contribution in [2.45, 2.75) is 13.5 Å². The number of benzene rings is 1. The van der Waals surface area contributed by atoms with Gasteiger partial charge in [-0.15, -0.1) is 0 Å². The van der Waals surface area contributed by atoms with E-state index in [-0.39, 0.29) is 29.5 Å². The standard InChI is InChI=1S/C14H14FNO4/c1-8-5-4-6-9(11(8)15)13-16-10(7-18-2)12(20-13)14(17)19-3/h4-6H,7H2,1-3H3. The Morgan fingerprint density at radius 1 is 1.40 bits per heavy atom. The van der Waals surface area contributed by atoms with E-state index in [4.69, 9.17) is 9.15 Å². The molecule has 1 aromatic carbocycles. The van der Waals surface area contributed by atoms with E-state index in [1.807, 2.05) is 0 Å². The van der Waals surface area contributed by atoms with E-state index in [0.29, 0.717) is 5.56 Å². The van der Waals surface area contributed by atoms with Crippen LogP contribution in [0.5, 0.6) is 0 Å². The van der Waals surface area contributed by atoms with Crippen LogP contribution in [-0.4, -0.2) is 25.2 Å². The molecule has 0 N–H and O–H groups in total. The first-order valence-electron chi connectivity index (χ1n) is 5.91. The van der Waals surface area contributed by atoms with Crippen molar-refractivity contribution in [3.63, 3.8) is 0 Å². The molecule has 106 valence electrons. The van der Waals surface area contributed by atoms with E-state index < -0.39 is 11.8 Å². The molecule has 0 fully saturated rings. The van der Waals surface area contributed by atoms with Crippen molar-refractivity contribution < 1.29 is 23.1 Å². The molecule has 20 heavy (non-hydrogen) atoms. The Bertz CT molecular complexity index is 636. The number of methoxy groups -OCH3 is 2. The van der Waals surface area contributed by atoms with Gasteiger partial charge in [-0.3, -0.25) is 0 Å². The highest BCUT2D eigenvalue weighted by molar-refractivity contribution is 5.87. The van der Waals surface area contributed by atoms with Crippen LogP contribution in [0.2, 0.25) is 0 Å². The largest absolute Gasteiger partial charge is 0.463 e. The maximum absolute atomic E-state index is 14.0. The minimum atomic E-state index is -0.677. The van der Waals surface area contributed by atoms with Crippen molar-refractivity contribution >= 4 is 5.97 Å². The van der Waals surface area contributed by atoms with Crippen LogP contribution in [0.3, 0.4) is 0 Å². The first kappa shape index (κ1) is 14.2. The molecule has 0 atom stereocenters. The molecule has 0 bridgehead atoms. The molecule has 0 spiro atoms. The van der Waals surface area contributed by atoms with Gasteiger partial charge in [0.25, 0.3) is 0 Å². The number of carbonyl (C=O) groups is 1. The van der Waals surface area contributed by atoms with Gasteiger partial charge in [0, 0.05) is 7.11 Å². The Labute approximate surface area is 115 Å². The zero-order valence-corrected chi connectivity index (χ0v) is 11.4. The Kier molecular flexibility index (Phi) is 4.14. The molecule has 0 aliphatic carbocycles. The van der Waals surface area contributed by atoms with Crippen molar-refractivity contribution in [2.24, 2.45) is 0 Å². The summed E-state index contributed by atoms with van der Waals surface area (Å²) in [4.78, 5) is 15.7. The number of nitrogens with zero attached hydrogens (tertiary/aromatic N) is 1. The van der Waals surface area contributed by atoms with Crippen LogP contribution in [0.4, 0.5) is 4.39 Å². The van der Waals surface area contributed by atoms with Crippen LogP contribution in [0.1, 0.15) is 21.8 Å². The summed E-state index contributed by atoms with van der Waals surface area (Å²) in [5.41, 5.74) is 0.932. The van der Waals surface area contributed by atoms with Gasteiger partial charge in [0.2, 0.25) is 11.7 Å². The molecular formula is C14H14FNO4. The third-order valence-electron chi connectivity index (χ3n) is 2.77. The summed E-state index contributed by atoms with van der Waals surface area (Å²) >= 11 is 0. The lowest BCUT2D eigenvalue weighted by Gasteiger charge is -2.00. The number of ether oxygens (including phenoxy) is 2. The van der Waals surface area contributed by atoms with Gasteiger partial charge in [-0.05, 0) is 18.6 Å². The third-order valence-corrected chi connectivity index (χ3v) is 2.77. The number of aryl methyl sites for hydroxylation is 1. The van der Waals surface area contributed by atoms with Gasteiger partial charge in [0.05, 0.1) is 19.3 Å². The van der Waals surface area contributed by atoms with E-state index in [2.05, 4.69) is 9.72 Å². The van der Waals surface area contributed by atoms with E-state index in [0.717, 1.165) is 0 Å². The van der Waals surface area contributed by atoms with Gasteiger partial charge in [0.1, 0.15) is 11.5 Å². The van der Waals surface area contributed by atoms with Crippen LogP contribution in [0.25, 0.3) is 11.5 Å². The highest BCUT2D eigenvalue weighted by Gasteiger charge is 2.23. The minimum Gasteiger partial charge on any atom is -0.463 e. The average molecular weight is 279 g/mol. The molecule has 6 heteroatoms. The van der Waals surface area contributed by atoms with Gasteiger partial charge in [-0.1, -0.05) is 12.1 Å². The van der Waals surface area contributed by atoms with Crippen molar-refractivity contribution in [1.82, 2.24) is 4.98 Å². The first-order valence-corrected chi connectivity index (χ1v) is 5.91. The Hall–Kier alpha value is -2.21. The average Bonchev–Trinajstić information content (AvgIpc) is 2.85. The highest BCUT2D eigenvalue weighted by Crippen LogP contribution is 2.27. The molecule has 0 radical (unpaired) electrons. The molecule has 5 nitrogen and oxygen atoms in total. The highest BCUT2D eigenvalue weighted by atomic mass is 19.1. The number of esters is 1. The number of rotatable bonds is 4. The lowest BCUT2D eigenvalue weighted by Crippen LogP contribution is -2.04. The molecule has 1 heterocycles. The molecular weight excluding hydrogens is 265 g/mol. The molecule has 2 rings (SSSR count). The molecule has 1 aromatic heterocycles. The number of hydrogen-bond donors (Lipinski definition) is 0. The fourth-order valence-electron chi connectivity index (χ4n) is 1.77. The topological polar surface area (TPSA) is 61.6 Å². The predicted molar refractivity (Wildman–Crippen MR) is 68.7 cm³/mol. The summed E-state index contributed by atoms with van der Waals surface area (Å²) in [6, 6.07) is 4.86. The maximum Gasteiger partial charge on any atom is 0.376 e. The summed E-state index contributed by atoms with van der Waals surface area (Å²) < 4.78 is 28.9. The fraction of sp³-hybridized carbons (Fsp3) is 0.286. The lowest BCUT2D eigenvalue weighted by atomic mass is 10.1. The number of halogens is 1. The van der Waals surface area contributed by atoms with Crippen LogP contribution in [-0.2, 0) is 16.1 Å². The number of aromatic nitrogens is 1. The summed E-state index contributed by atoms with van der Waals surface area (Å²) in [5, 5.41) is 0. The summed E-state index contributed by atoms with van der Waals surface area (Å²) in [6.07, 6.45) is 0. The van der Waals surface area contributed by atoms with Crippen LogP contribution < -0.4 is 0 Å². The predicted octanol–water partition coefficient (Wildman–Crippen LogP) is 2.72. The Morgan fingerprint density at radius 2 is 2.15 bits per heavy atom. The first-order chi connectivity index (χ1) is 9.58. The van der Waals surface area contributed by atoms with Gasteiger partial charge >= 0.3 is 5.97 Å². The summed E-state index contributed by atoms with van der Waals surface area (Å²) in [6.45, 7) is 1.71. The van der Waals surface area contributed by atoms with Crippen LogP contribution in [0, 0.1) is 12.7 Å². The second-order valence-corrected chi connectivity index (χ2v) is 4.16. The number of oxazole rings is 1. The zero-order valence-electron chi connectivity index (χ0n) is 11.4.